The molecule has 10 heteroatoms. The number of likely N-dealkylation sites (tertiary alicyclic amines) is 1. The molecule has 0 radical (unpaired) electrons. The van der Waals surface area contributed by atoms with Crippen molar-refractivity contribution in [2.75, 3.05) is 60.7 Å². The van der Waals surface area contributed by atoms with Gasteiger partial charge in [-0.05, 0) is 48.4 Å². The molecule has 2 saturated heterocycles. The summed E-state index contributed by atoms with van der Waals surface area (Å²) < 4.78 is 27.9. The Morgan fingerprint density at radius 2 is 1.74 bits per heavy atom. The Hall–Kier alpha value is -3.76. The highest BCUT2D eigenvalue weighted by molar-refractivity contribution is 6.46. The van der Waals surface area contributed by atoms with Gasteiger partial charge in [-0.3, -0.25) is 9.59 Å². The first-order chi connectivity index (χ1) is 18.9. The van der Waals surface area contributed by atoms with Crippen molar-refractivity contribution in [3.05, 3.63) is 52.6 Å². The van der Waals surface area contributed by atoms with Gasteiger partial charge in [-0.1, -0.05) is 0 Å². The molecule has 5 rings (SSSR count). The normalized spacial score (nSPS) is 22.5. The molecule has 3 heterocycles. The van der Waals surface area contributed by atoms with Crippen molar-refractivity contribution < 1.29 is 43.3 Å². The molecule has 0 unspecified atom stereocenters. The molecule has 0 aliphatic carbocycles. The van der Waals surface area contributed by atoms with Gasteiger partial charge < -0.3 is 38.6 Å². The van der Waals surface area contributed by atoms with Gasteiger partial charge in [-0.2, -0.15) is 0 Å². The van der Waals surface area contributed by atoms with E-state index in [-0.39, 0.29) is 17.4 Å². The number of hydrogen-bond acceptors (Lipinski definition) is 8. The van der Waals surface area contributed by atoms with Crippen LogP contribution in [0.5, 0.6) is 23.0 Å². The maximum Gasteiger partial charge on any atom is 0.295 e. The number of ketones is 1. The van der Waals surface area contributed by atoms with Crippen molar-refractivity contribution in [2.45, 2.75) is 25.5 Å². The van der Waals surface area contributed by atoms with Gasteiger partial charge >= 0.3 is 0 Å². The Balaban J connectivity index is 1.61. The summed E-state index contributed by atoms with van der Waals surface area (Å²) >= 11 is 0. The number of aliphatic hydroxyl groups is 1. The highest BCUT2D eigenvalue weighted by Crippen LogP contribution is 2.46. The average molecular weight is 540 g/mol. The molecular formula is C29H35N2O8+. The number of carbonyl (C=O) groups excluding carboxylic acids is 2. The van der Waals surface area contributed by atoms with Gasteiger partial charge in [-0.15, -0.1) is 0 Å². The summed E-state index contributed by atoms with van der Waals surface area (Å²) in [7, 11) is 4.52. The molecule has 2 aromatic rings. The number of morpholine rings is 1. The van der Waals surface area contributed by atoms with Crippen LogP contribution >= 0.6 is 0 Å². The van der Waals surface area contributed by atoms with E-state index in [0.29, 0.717) is 61.1 Å². The summed E-state index contributed by atoms with van der Waals surface area (Å²) in [6.07, 6.45) is 0.730. The lowest BCUT2D eigenvalue weighted by Gasteiger charge is -2.29. The second-order valence-electron chi connectivity index (χ2n) is 10.0. The van der Waals surface area contributed by atoms with Gasteiger partial charge in [0.1, 0.15) is 30.7 Å². The van der Waals surface area contributed by atoms with E-state index in [0.717, 1.165) is 24.4 Å². The molecule has 2 N–H and O–H groups in total. The SMILES string of the molecule is COc1cc([C@@H]2C(=C(O)c3ccc4c(c3)C[C@H](C)O4)C(=O)C(=O)N2CC[NH+]2CCOCC2)cc(OC)c1OC. The van der Waals surface area contributed by atoms with Gasteiger partial charge in [0.05, 0.1) is 59.2 Å². The number of benzene rings is 2. The number of aliphatic hydroxyl groups excluding tert-OH is 1. The molecule has 2 atom stereocenters. The quantitative estimate of drug-likeness (QED) is 0.294. The number of hydrogen-bond donors (Lipinski definition) is 2. The van der Waals surface area contributed by atoms with Crippen molar-refractivity contribution in [3.8, 4) is 23.0 Å². The van der Waals surface area contributed by atoms with Crippen molar-refractivity contribution in [3.63, 3.8) is 0 Å². The first kappa shape index (κ1) is 26.8. The van der Waals surface area contributed by atoms with Crippen LogP contribution in [0, 0.1) is 0 Å². The Kier molecular flexibility index (Phi) is 7.67. The highest BCUT2D eigenvalue weighted by Gasteiger charge is 2.47. The third-order valence-electron chi connectivity index (χ3n) is 7.62. The molecule has 3 aliphatic rings. The monoisotopic (exact) mass is 539 g/mol. The number of ether oxygens (including phenoxy) is 5. The van der Waals surface area contributed by atoms with Crippen LogP contribution in [0.25, 0.3) is 5.76 Å². The molecule has 2 aromatic carbocycles. The topological polar surface area (TPSA) is 108 Å². The van der Waals surface area contributed by atoms with Crippen LogP contribution < -0.4 is 23.8 Å². The van der Waals surface area contributed by atoms with E-state index >= 15 is 0 Å². The maximum atomic E-state index is 13.5. The van der Waals surface area contributed by atoms with Crippen molar-refractivity contribution >= 4 is 17.4 Å². The molecule has 208 valence electrons. The van der Waals surface area contributed by atoms with Crippen LogP contribution in [0.1, 0.15) is 29.7 Å². The zero-order chi connectivity index (χ0) is 27.7. The van der Waals surface area contributed by atoms with E-state index < -0.39 is 17.7 Å². The molecule has 2 fully saturated rings. The first-order valence-corrected chi connectivity index (χ1v) is 13.2. The van der Waals surface area contributed by atoms with Crippen molar-refractivity contribution in [1.82, 2.24) is 4.90 Å². The largest absolute Gasteiger partial charge is 0.507 e. The average Bonchev–Trinajstić information content (AvgIpc) is 3.46. The highest BCUT2D eigenvalue weighted by atomic mass is 16.5. The fraction of sp³-hybridized carbons (Fsp3) is 0.448. The van der Waals surface area contributed by atoms with Crippen molar-refractivity contribution in [2.24, 2.45) is 0 Å². The number of Topliss-reactive ketones (excluding diaryl/α,β-unsaturated/α-hetero) is 1. The number of nitrogens with one attached hydrogen (secondary N) is 1. The lowest BCUT2D eigenvalue weighted by molar-refractivity contribution is -0.907. The van der Waals surface area contributed by atoms with Crippen LogP contribution in [0.15, 0.2) is 35.9 Å². The smallest absolute Gasteiger partial charge is 0.295 e. The minimum Gasteiger partial charge on any atom is -0.507 e. The lowest BCUT2D eigenvalue weighted by atomic mass is 9.94. The molecule has 0 aromatic heterocycles. The Labute approximate surface area is 227 Å². The maximum absolute atomic E-state index is 13.5. The van der Waals surface area contributed by atoms with E-state index in [1.54, 1.807) is 24.3 Å². The standard InChI is InChI=1S/C29H34N2O8/c1-17-13-19-14-18(5-6-21(19)39-17)26(32)24-25(20-15-22(35-2)28(37-4)23(16-20)36-3)31(29(34)27(24)33)8-7-30-9-11-38-12-10-30/h5-6,14-17,25,32H,7-13H2,1-4H3/p+1/t17-,25+/m0/s1. The summed E-state index contributed by atoms with van der Waals surface area (Å²) in [5, 5.41) is 11.6. The van der Waals surface area contributed by atoms with E-state index in [1.807, 2.05) is 13.0 Å². The lowest BCUT2D eigenvalue weighted by Crippen LogP contribution is -3.14. The zero-order valence-electron chi connectivity index (χ0n) is 22.7. The van der Waals surface area contributed by atoms with E-state index in [1.165, 1.54) is 31.1 Å². The predicted molar refractivity (Wildman–Crippen MR) is 142 cm³/mol. The second-order valence-corrected chi connectivity index (χ2v) is 10.0. The summed E-state index contributed by atoms with van der Waals surface area (Å²) in [5.41, 5.74) is 2.00. The summed E-state index contributed by atoms with van der Waals surface area (Å²) in [4.78, 5) is 29.8. The van der Waals surface area contributed by atoms with Gasteiger partial charge in [0, 0.05) is 12.0 Å². The predicted octanol–water partition coefficient (Wildman–Crippen LogP) is 1.37. The number of carbonyl (C=O) groups is 2. The number of nitrogens with zero attached hydrogens (tertiary/aromatic N) is 1. The van der Waals surface area contributed by atoms with Crippen molar-refractivity contribution in [1.29, 1.82) is 0 Å². The first-order valence-electron chi connectivity index (χ1n) is 13.2. The minimum absolute atomic E-state index is 0.0261. The Morgan fingerprint density at radius 3 is 2.38 bits per heavy atom. The van der Waals surface area contributed by atoms with Gasteiger partial charge in [0.15, 0.2) is 11.5 Å². The number of fused-ring (bicyclic) bond motifs is 1. The summed E-state index contributed by atoms with van der Waals surface area (Å²) in [6, 6.07) is 7.92. The molecule has 0 bridgehead atoms. The van der Waals surface area contributed by atoms with Crippen LogP contribution in [0.4, 0.5) is 0 Å². The number of quaternary nitrogens is 1. The van der Waals surface area contributed by atoms with Gasteiger partial charge in [0.25, 0.3) is 11.7 Å². The zero-order valence-corrected chi connectivity index (χ0v) is 22.7. The van der Waals surface area contributed by atoms with Gasteiger partial charge in [0.2, 0.25) is 5.75 Å². The fourth-order valence-corrected chi connectivity index (χ4v) is 5.63. The minimum atomic E-state index is -0.845. The third-order valence-corrected chi connectivity index (χ3v) is 7.62. The van der Waals surface area contributed by atoms with Crippen LogP contribution in [-0.2, 0) is 20.7 Å². The Bertz CT molecular complexity index is 1280. The second kappa shape index (κ2) is 11.2. The number of amides is 1. The van der Waals surface area contributed by atoms with E-state index in [4.69, 9.17) is 23.7 Å². The number of methoxy groups -OCH3 is 3. The molecule has 39 heavy (non-hydrogen) atoms. The molecule has 0 saturated carbocycles. The molecule has 10 nitrogen and oxygen atoms in total. The summed E-state index contributed by atoms with van der Waals surface area (Å²) in [6.45, 7) is 5.92. The van der Waals surface area contributed by atoms with E-state index in [9.17, 15) is 14.7 Å². The van der Waals surface area contributed by atoms with E-state index in [2.05, 4.69) is 0 Å². The molecule has 1 amide bonds. The fourth-order valence-electron chi connectivity index (χ4n) is 5.63. The summed E-state index contributed by atoms with van der Waals surface area (Å²) in [5.74, 6) is 0.324. The molecule has 0 spiro atoms. The van der Waals surface area contributed by atoms with Crippen LogP contribution in [0.3, 0.4) is 0 Å². The molecular weight excluding hydrogens is 504 g/mol. The van der Waals surface area contributed by atoms with Crippen LogP contribution in [-0.4, -0.2) is 88.5 Å². The molecule has 3 aliphatic heterocycles. The number of rotatable bonds is 8. The van der Waals surface area contributed by atoms with Gasteiger partial charge in [-0.25, -0.2) is 0 Å². The Morgan fingerprint density at radius 1 is 1.05 bits per heavy atom. The van der Waals surface area contributed by atoms with Crippen LogP contribution in [0.2, 0.25) is 0 Å². The third kappa shape index (κ3) is 5.02.